The third-order valence-corrected chi connectivity index (χ3v) is 7.01. The van der Waals surface area contributed by atoms with Gasteiger partial charge in [0, 0.05) is 17.1 Å². The van der Waals surface area contributed by atoms with Gasteiger partial charge in [0.25, 0.3) is 0 Å². The van der Waals surface area contributed by atoms with Crippen molar-refractivity contribution in [3.63, 3.8) is 0 Å². The van der Waals surface area contributed by atoms with E-state index in [0.29, 0.717) is 22.9 Å². The first-order chi connectivity index (χ1) is 26.8. The van der Waals surface area contributed by atoms with Crippen LogP contribution in [0.25, 0.3) is 0 Å². The molecule has 55 heavy (non-hydrogen) atoms. The minimum atomic E-state index is -0.535. The maximum Gasteiger partial charge on any atom is 0.417 e. The summed E-state index contributed by atoms with van der Waals surface area (Å²) in [6, 6.07) is 42.2. The Bertz CT molecular complexity index is 1790. The molecule has 5 rings (SSSR count). The van der Waals surface area contributed by atoms with Crippen LogP contribution in [0.5, 0.6) is 17.2 Å². The highest BCUT2D eigenvalue weighted by molar-refractivity contribution is 5.86. The Kier molecular flexibility index (Phi) is 21.6. The molecule has 0 bridgehead atoms. The molecule has 0 aliphatic heterocycles. The lowest BCUT2D eigenvalue weighted by molar-refractivity contribution is 0.203. The SMILES string of the molecule is C=C/C(=C\C=C/C)NC(=O)Oc1ccccc1.CC.CCc1ccc(NC(=O)Oc2ccccc2)cc1.CCc1ccc(NC(=O)Oc2ccccc2)cc1. The van der Waals surface area contributed by atoms with E-state index in [2.05, 4.69) is 36.4 Å². The second-order valence-corrected chi connectivity index (χ2v) is 10.9. The molecular formula is C46H51N3O6. The van der Waals surface area contributed by atoms with Crippen molar-refractivity contribution >= 4 is 29.7 Å². The zero-order chi connectivity index (χ0) is 40.1. The molecule has 3 amide bonds. The van der Waals surface area contributed by atoms with Gasteiger partial charge in [-0.1, -0.05) is 125 Å². The van der Waals surface area contributed by atoms with Gasteiger partial charge >= 0.3 is 18.3 Å². The van der Waals surface area contributed by atoms with E-state index in [1.54, 1.807) is 66.8 Å². The van der Waals surface area contributed by atoms with E-state index in [1.165, 1.54) is 11.1 Å². The van der Waals surface area contributed by atoms with E-state index in [-0.39, 0.29) is 0 Å². The van der Waals surface area contributed by atoms with E-state index in [9.17, 15) is 14.4 Å². The molecule has 0 unspecified atom stereocenters. The Morgan fingerprint density at radius 1 is 0.545 bits per heavy atom. The van der Waals surface area contributed by atoms with Gasteiger partial charge in [-0.25, -0.2) is 14.4 Å². The summed E-state index contributed by atoms with van der Waals surface area (Å²) >= 11 is 0. The van der Waals surface area contributed by atoms with Gasteiger partial charge in [-0.3, -0.25) is 16.0 Å². The number of ether oxygens (including phenoxy) is 3. The fourth-order valence-electron chi connectivity index (χ4n) is 4.23. The maximum atomic E-state index is 11.6. The van der Waals surface area contributed by atoms with Crippen molar-refractivity contribution in [3.8, 4) is 17.2 Å². The number of aryl methyl sites for hydroxylation is 2. The summed E-state index contributed by atoms with van der Waals surface area (Å²) < 4.78 is 15.3. The van der Waals surface area contributed by atoms with Gasteiger partial charge in [0.1, 0.15) is 17.2 Å². The molecule has 5 aromatic carbocycles. The Morgan fingerprint density at radius 2 is 0.891 bits per heavy atom. The van der Waals surface area contributed by atoms with Crippen LogP contribution in [-0.2, 0) is 12.8 Å². The predicted octanol–water partition coefficient (Wildman–Crippen LogP) is 12.2. The molecule has 0 aromatic heterocycles. The number of carbonyl (C=O) groups is 3. The number of rotatable bonds is 10. The van der Waals surface area contributed by atoms with Crippen LogP contribution in [0.3, 0.4) is 0 Å². The molecule has 9 nitrogen and oxygen atoms in total. The fraction of sp³-hybridized carbons (Fsp3) is 0.152. The van der Waals surface area contributed by atoms with Crippen molar-refractivity contribution in [1.82, 2.24) is 5.32 Å². The van der Waals surface area contributed by atoms with E-state index < -0.39 is 18.3 Å². The number of hydrogen-bond donors (Lipinski definition) is 3. The summed E-state index contributed by atoms with van der Waals surface area (Å²) in [6.07, 6.45) is 7.41. The van der Waals surface area contributed by atoms with Gasteiger partial charge < -0.3 is 14.2 Å². The molecular weight excluding hydrogens is 691 g/mol. The standard InChI is InChI=1S/2C15H15NO2.C14H15NO2.C2H6/c2*1-2-12-8-10-13(11-9-12)16-15(17)18-14-6-4-3-5-7-14;1-3-5-9-12(4-2)15-14(16)17-13-10-7-6-8-11-13;1-2/h2*3-11H,2H2,1H3,(H,16,17);3-11H,2H2,1H3,(H,15,16);1-2H3/b;;5-3-,12-9+;. The molecule has 0 aliphatic rings. The summed E-state index contributed by atoms with van der Waals surface area (Å²) in [7, 11) is 0. The Hall–Kier alpha value is -6.87. The Morgan fingerprint density at radius 3 is 1.20 bits per heavy atom. The summed E-state index contributed by atoms with van der Waals surface area (Å²) in [5.41, 5.74) is 4.51. The van der Waals surface area contributed by atoms with Crippen LogP contribution in [0.2, 0.25) is 0 Å². The second-order valence-electron chi connectivity index (χ2n) is 10.9. The summed E-state index contributed by atoms with van der Waals surface area (Å²) in [5.74, 6) is 1.56. The van der Waals surface area contributed by atoms with Gasteiger partial charge in [0.2, 0.25) is 0 Å². The van der Waals surface area contributed by atoms with Gasteiger partial charge in [0.05, 0.1) is 0 Å². The predicted molar refractivity (Wildman–Crippen MR) is 224 cm³/mol. The first-order valence-corrected chi connectivity index (χ1v) is 18.1. The van der Waals surface area contributed by atoms with Crippen molar-refractivity contribution in [3.05, 3.63) is 187 Å². The van der Waals surface area contributed by atoms with E-state index in [0.717, 1.165) is 24.2 Å². The minimum absolute atomic E-state index is 0.481. The van der Waals surface area contributed by atoms with E-state index >= 15 is 0 Å². The van der Waals surface area contributed by atoms with Crippen LogP contribution < -0.4 is 30.2 Å². The van der Waals surface area contributed by atoms with Crippen molar-refractivity contribution in [1.29, 1.82) is 0 Å². The quantitative estimate of drug-likeness (QED) is 0.123. The van der Waals surface area contributed by atoms with Crippen LogP contribution >= 0.6 is 0 Å². The van der Waals surface area contributed by atoms with Gasteiger partial charge in [-0.15, -0.1) is 0 Å². The molecule has 0 heterocycles. The topological polar surface area (TPSA) is 115 Å². The summed E-state index contributed by atoms with van der Waals surface area (Å²) in [4.78, 5) is 34.7. The molecule has 0 aliphatic carbocycles. The number of hydrogen-bond acceptors (Lipinski definition) is 6. The number of para-hydroxylation sites is 3. The van der Waals surface area contributed by atoms with Crippen LogP contribution in [0.1, 0.15) is 45.7 Å². The number of allylic oxidation sites excluding steroid dienone is 4. The highest BCUT2D eigenvalue weighted by atomic mass is 16.6. The van der Waals surface area contributed by atoms with Crippen molar-refractivity contribution in [2.24, 2.45) is 0 Å². The zero-order valence-electron chi connectivity index (χ0n) is 32.2. The third kappa shape index (κ3) is 19.0. The highest BCUT2D eigenvalue weighted by Gasteiger charge is 2.06. The highest BCUT2D eigenvalue weighted by Crippen LogP contribution is 2.15. The Balaban J connectivity index is 0.000000279. The van der Waals surface area contributed by atoms with Crippen molar-refractivity contribution < 1.29 is 28.6 Å². The van der Waals surface area contributed by atoms with Crippen molar-refractivity contribution in [2.45, 2.75) is 47.5 Å². The number of nitrogens with one attached hydrogen (secondary N) is 3. The monoisotopic (exact) mass is 741 g/mol. The number of amides is 3. The number of benzene rings is 5. The lowest BCUT2D eigenvalue weighted by atomic mass is 10.1. The molecule has 286 valence electrons. The zero-order valence-corrected chi connectivity index (χ0v) is 32.2. The molecule has 5 aromatic rings. The number of carbonyl (C=O) groups excluding carboxylic acids is 3. The molecule has 0 radical (unpaired) electrons. The van der Waals surface area contributed by atoms with Gasteiger partial charge in [-0.2, -0.15) is 0 Å². The normalized spacial score (nSPS) is 10.0. The molecule has 0 saturated carbocycles. The lowest BCUT2D eigenvalue weighted by Crippen LogP contribution is -2.25. The van der Waals surface area contributed by atoms with Crippen molar-refractivity contribution in [2.75, 3.05) is 10.6 Å². The maximum absolute atomic E-state index is 11.6. The Labute approximate surface area is 325 Å². The van der Waals surface area contributed by atoms with Crippen LogP contribution in [0.15, 0.2) is 176 Å². The molecule has 0 atom stereocenters. The molecule has 0 spiro atoms. The van der Waals surface area contributed by atoms with Crippen LogP contribution in [-0.4, -0.2) is 18.3 Å². The summed E-state index contributed by atoms with van der Waals surface area (Å²) in [6.45, 7) is 13.7. The molecule has 0 saturated heterocycles. The van der Waals surface area contributed by atoms with Gasteiger partial charge in [-0.05, 0) is 104 Å². The molecule has 3 N–H and O–H groups in total. The largest absolute Gasteiger partial charge is 0.417 e. The van der Waals surface area contributed by atoms with Crippen LogP contribution in [0, 0.1) is 0 Å². The van der Waals surface area contributed by atoms with Crippen LogP contribution in [0.4, 0.5) is 25.8 Å². The van der Waals surface area contributed by atoms with E-state index in [4.69, 9.17) is 14.2 Å². The summed E-state index contributed by atoms with van der Waals surface area (Å²) in [5, 5.41) is 7.94. The fourth-order valence-corrected chi connectivity index (χ4v) is 4.23. The number of anilines is 2. The smallest absolute Gasteiger partial charge is 0.410 e. The second kappa shape index (κ2) is 26.8. The van der Waals surface area contributed by atoms with Gasteiger partial charge in [0.15, 0.2) is 0 Å². The lowest BCUT2D eigenvalue weighted by Gasteiger charge is -2.06. The van der Waals surface area contributed by atoms with E-state index in [1.807, 2.05) is 118 Å². The first-order valence-electron chi connectivity index (χ1n) is 18.1. The molecule has 9 heteroatoms. The first kappa shape index (κ1) is 44.3. The minimum Gasteiger partial charge on any atom is -0.410 e. The average molecular weight is 742 g/mol. The third-order valence-electron chi connectivity index (χ3n) is 7.01. The average Bonchev–Trinajstić information content (AvgIpc) is 3.22. The molecule has 0 fully saturated rings.